The van der Waals surface area contributed by atoms with Gasteiger partial charge in [0, 0.05) is 29.9 Å². The van der Waals surface area contributed by atoms with Crippen LogP contribution in [0, 0.1) is 0 Å². The van der Waals surface area contributed by atoms with Gasteiger partial charge in [0.2, 0.25) is 10.0 Å². The van der Waals surface area contributed by atoms with E-state index in [2.05, 4.69) is 25.6 Å². The highest BCUT2D eigenvalue weighted by Gasteiger charge is 2.23. The van der Waals surface area contributed by atoms with Crippen LogP contribution < -0.4 is 10.5 Å². The number of thiophene rings is 1. The monoisotopic (exact) mass is 375 g/mol. The highest BCUT2D eigenvalue weighted by atomic mass is 79.9. The maximum atomic E-state index is 12.4. The largest absolute Gasteiger partial charge is 0.326 e. The summed E-state index contributed by atoms with van der Waals surface area (Å²) in [4.78, 5) is 4.95. The fourth-order valence-electron chi connectivity index (χ4n) is 1.70. The fourth-order valence-corrected chi connectivity index (χ4v) is 5.49. The smallest absolute Gasteiger partial charge is 0.243 e. The molecule has 0 aliphatic heterocycles. The third-order valence-electron chi connectivity index (χ3n) is 2.74. The quantitative estimate of drug-likeness (QED) is 0.839. The number of halogens is 1. The summed E-state index contributed by atoms with van der Waals surface area (Å²) in [7, 11) is -3.59. The van der Waals surface area contributed by atoms with Gasteiger partial charge in [-0.2, -0.15) is 0 Å². The number of pyridine rings is 1. The molecule has 2 aromatic heterocycles. The molecule has 3 N–H and O–H groups in total. The van der Waals surface area contributed by atoms with E-state index in [9.17, 15) is 8.42 Å². The summed E-state index contributed by atoms with van der Waals surface area (Å²) in [5.74, 6) is 0. The van der Waals surface area contributed by atoms with E-state index in [4.69, 9.17) is 5.73 Å². The molecular formula is C12H14BrN3O2S2. The van der Waals surface area contributed by atoms with E-state index < -0.39 is 10.0 Å². The summed E-state index contributed by atoms with van der Waals surface area (Å²) in [6.45, 7) is 2.11. The first kappa shape index (κ1) is 15.6. The molecule has 20 heavy (non-hydrogen) atoms. The molecule has 0 radical (unpaired) electrons. The van der Waals surface area contributed by atoms with Crippen LogP contribution in [0.4, 0.5) is 0 Å². The van der Waals surface area contributed by atoms with Crippen molar-refractivity contribution in [2.24, 2.45) is 5.73 Å². The van der Waals surface area contributed by atoms with Crippen LogP contribution in [0.5, 0.6) is 0 Å². The lowest BCUT2D eigenvalue weighted by molar-refractivity contribution is 0.566. The van der Waals surface area contributed by atoms with Crippen molar-refractivity contribution in [1.82, 2.24) is 9.71 Å². The predicted octanol–water partition coefficient (Wildman–Crippen LogP) is 2.40. The average Bonchev–Trinajstić information content (AvgIpc) is 2.81. The standard InChI is InChI=1S/C12H14BrN3O2S2/c1-8(9-2-4-15-5-3-9)16-20(17,18)11-6-10(7-14)19-12(11)13/h2-6,8,16H,7,14H2,1H3. The van der Waals surface area contributed by atoms with E-state index in [1.54, 1.807) is 37.5 Å². The van der Waals surface area contributed by atoms with Gasteiger partial charge in [0.1, 0.15) is 4.90 Å². The van der Waals surface area contributed by atoms with Gasteiger partial charge in [-0.15, -0.1) is 11.3 Å². The van der Waals surface area contributed by atoms with Crippen molar-refractivity contribution < 1.29 is 8.42 Å². The van der Waals surface area contributed by atoms with Crippen molar-refractivity contribution in [3.63, 3.8) is 0 Å². The third-order valence-corrected chi connectivity index (χ3v) is 6.55. The van der Waals surface area contributed by atoms with Gasteiger partial charge in [0.15, 0.2) is 0 Å². The van der Waals surface area contributed by atoms with Crippen molar-refractivity contribution in [2.75, 3.05) is 0 Å². The van der Waals surface area contributed by atoms with Crippen LogP contribution in [0.1, 0.15) is 23.4 Å². The maximum Gasteiger partial charge on any atom is 0.243 e. The summed E-state index contributed by atoms with van der Waals surface area (Å²) in [5, 5.41) is 0. The minimum atomic E-state index is -3.59. The van der Waals surface area contributed by atoms with E-state index >= 15 is 0 Å². The van der Waals surface area contributed by atoms with Crippen molar-refractivity contribution in [3.8, 4) is 0 Å². The van der Waals surface area contributed by atoms with E-state index in [0.717, 1.165) is 10.4 Å². The van der Waals surface area contributed by atoms with Gasteiger partial charge < -0.3 is 5.73 Å². The first-order chi connectivity index (χ1) is 9.44. The second-order valence-electron chi connectivity index (χ2n) is 4.18. The Morgan fingerprint density at radius 1 is 1.45 bits per heavy atom. The van der Waals surface area contributed by atoms with Gasteiger partial charge in [-0.3, -0.25) is 4.98 Å². The Kier molecular flexibility index (Phi) is 4.92. The number of rotatable bonds is 5. The van der Waals surface area contributed by atoms with Gasteiger partial charge in [-0.05, 0) is 46.6 Å². The zero-order valence-electron chi connectivity index (χ0n) is 10.7. The summed E-state index contributed by atoms with van der Waals surface area (Å²) in [6, 6.07) is 4.81. The number of sulfonamides is 1. The van der Waals surface area contributed by atoms with Gasteiger partial charge in [0.05, 0.1) is 3.79 Å². The van der Waals surface area contributed by atoms with Gasteiger partial charge >= 0.3 is 0 Å². The molecule has 108 valence electrons. The molecule has 2 aromatic rings. The maximum absolute atomic E-state index is 12.4. The molecule has 1 atom stereocenters. The van der Waals surface area contributed by atoms with Crippen LogP contribution in [0.15, 0.2) is 39.3 Å². The molecule has 2 heterocycles. The number of nitrogens with two attached hydrogens (primary N) is 1. The Morgan fingerprint density at radius 3 is 2.65 bits per heavy atom. The van der Waals surface area contributed by atoms with Crippen molar-refractivity contribution in [3.05, 3.63) is 44.8 Å². The van der Waals surface area contributed by atoms with Crippen molar-refractivity contribution in [1.29, 1.82) is 0 Å². The highest BCUT2D eigenvalue weighted by molar-refractivity contribution is 9.11. The molecule has 0 fully saturated rings. The first-order valence-electron chi connectivity index (χ1n) is 5.84. The molecule has 1 unspecified atom stereocenters. The zero-order chi connectivity index (χ0) is 14.8. The van der Waals surface area contributed by atoms with Crippen LogP contribution in [0.25, 0.3) is 0 Å². The lowest BCUT2D eigenvalue weighted by Crippen LogP contribution is -2.26. The number of nitrogens with one attached hydrogen (secondary N) is 1. The molecule has 0 aliphatic rings. The van der Waals surface area contributed by atoms with Crippen LogP contribution in [-0.2, 0) is 16.6 Å². The fraction of sp³-hybridized carbons (Fsp3) is 0.250. The van der Waals surface area contributed by atoms with Gasteiger partial charge in [-0.1, -0.05) is 0 Å². The van der Waals surface area contributed by atoms with E-state index in [1.165, 1.54) is 11.3 Å². The summed E-state index contributed by atoms with van der Waals surface area (Å²) >= 11 is 4.60. The number of aromatic nitrogens is 1. The molecule has 2 rings (SSSR count). The molecule has 0 amide bonds. The summed E-state index contributed by atoms with van der Waals surface area (Å²) in [6.07, 6.45) is 3.26. The second kappa shape index (κ2) is 6.31. The van der Waals surface area contributed by atoms with Crippen molar-refractivity contribution >= 4 is 37.3 Å². The number of hydrogen-bond donors (Lipinski definition) is 2. The molecule has 0 bridgehead atoms. The number of hydrogen-bond acceptors (Lipinski definition) is 5. The van der Waals surface area contributed by atoms with Gasteiger partial charge in [0.25, 0.3) is 0 Å². The van der Waals surface area contributed by atoms with E-state index in [0.29, 0.717) is 10.3 Å². The van der Waals surface area contributed by atoms with Crippen molar-refractivity contribution in [2.45, 2.75) is 24.4 Å². The number of nitrogens with zero attached hydrogens (tertiary/aromatic N) is 1. The molecule has 8 heteroatoms. The van der Waals surface area contributed by atoms with Crippen LogP contribution in [0.2, 0.25) is 0 Å². The predicted molar refractivity (Wildman–Crippen MR) is 82.9 cm³/mol. The third kappa shape index (κ3) is 3.44. The molecule has 0 aliphatic carbocycles. The normalized spacial score (nSPS) is 13.3. The topological polar surface area (TPSA) is 85.1 Å². The molecule has 5 nitrogen and oxygen atoms in total. The molecule has 0 spiro atoms. The Balaban J connectivity index is 2.25. The first-order valence-corrected chi connectivity index (χ1v) is 8.94. The van der Waals surface area contributed by atoms with E-state index in [1.807, 2.05) is 0 Å². The second-order valence-corrected chi connectivity index (χ2v) is 8.32. The van der Waals surface area contributed by atoms with Crippen LogP contribution >= 0.6 is 27.3 Å². The molecular weight excluding hydrogens is 362 g/mol. The average molecular weight is 376 g/mol. The molecule has 0 saturated heterocycles. The van der Waals surface area contributed by atoms with Crippen LogP contribution in [-0.4, -0.2) is 13.4 Å². The Morgan fingerprint density at radius 2 is 2.10 bits per heavy atom. The Bertz CT molecular complexity index is 686. The SMILES string of the molecule is CC(NS(=O)(=O)c1cc(CN)sc1Br)c1ccncc1. The minimum absolute atomic E-state index is 0.226. The van der Waals surface area contributed by atoms with Crippen LogP contribution in [0.3, 0.4) is 0 Å². The van der Waals surface area contributed by atoms with Gasteiger partial charge in [-0.25, -0.2) is 13.1 Å². The lowest BCUT2D eigenvalue weighted by atomic mass is 10.1. The Hall–Kier alpha value is -0.800. The highest BCUT2D eigenvalue weighted by Crippen LogP contribution is 2.32. The molecule has 0 saturated carbocycles. The molecule has 0 aromatic carbocycles. The van der Waals surface area contributed by atoms with E-state index in [-0.39, 0.29) is 10.9 Å². The summed E-state index contributed by atoms with van der Waals surface area (Å²) < 4.78 is 28.0. The minimum Gasteiger partial charge on any atom is -0.326 e. The summed E-state index contributed by atoms with van der Waals surface area (Å²) in [5.41, 5.74) is 6.39. The lowest BCUT2D eigenvalue weighted by Gasteiger charge is -2.13. The Labute approximate surface area is 130 Å². The zero-order valence-corrected chi connectivity index (χ0v) is 13.9.